The van der Waals surface area contributed by atoms with Crippen molar-refractivity contribution in [2.45, 2.75) is 32.6 Å². The minimum absolute atomic E-state index is 0.0622. The van der Waals surface area contributed by atoms with Crippen LogP contribution in [0.3, 0.4) is 0 Å². The Labute approximate surface area is 210 Å². The standard InChI is InChI=1S/C28H31N3O5/c1-2-35-25-17-22(13-14-24(25)36-19-27(33)31-15-6-3-7-16-31)28(34)30-29-26(32)18-21-11-8-10-20-9-4-5-12-23(20)21/h4-5,8-14,17H,2-3,6-7,15-16,18-19H2,1H3,(H,29,32)(H,30,34). The number of carbonyl (C=O) groups is 3. The first kappa shape index (κ1) is 25.0. The van der Waals surface area contributed by atoms with Crippen molar-refractivity contribution < 1.29 is 23.9 Å². The normalized spacial score (nSPS) is 13.2. The fourth-order valence-corrected chi connectivity index (χ4v) is 4.27. The molecule has 1 aliphatic heterocycles. The zero-order valence-corrected chi connectivity index (χ0v) is 20.4. The van der Waals surface area contributed by atoms with Gasteiger partial charge in [-0.05, 0) is 60.7 Å². The number of likely N-dealkylation sites (tertiary alicyclic amines) is 1. The SMILES string of the molecule is CCOc1cc(C(=O)NNC(=O)Cc2cccc3ccccc23)ccc1OCC(=O)N1CCCCC1. The molecule has 3 aromatic carbocycles. The Bertz CT molecular complexity index is 1230. The predicted octanol–water partition coefficient (Wildman–Crippen LogP) is 3.63. The Morgan fingerprint density at radius 3 is 2.44 bits per heavy atom. The highest BCUT2D eigenvalue weighted by molar-refractivity contribution is 5.96. The van der Waals surface area contributed by atoms with Crippen molar-refractivity contribution in [3.8, 4) is 11.5 Å². The predicted molar refractivity (Wildman–Crippen MR) is 137 cm³/mol. The van der Waals surface area contributed by atoms with Crippen LogP contribution in [0.1, 0.15) is 42.1 Å². The third-order valence-electron chi connectivity index (χ3n) is 6.11. The first-order valence-electron chi connectivity index (χ1n) is 12.3. The van der Waals surface area contributed by atoms with Crippen molar-refractivity contribution in [1.82, 2.24) is 15.8 Å². The smallest absolute Gasteiger partial charge is 0.269 e. The van der Waals surface area contributed by atoms with Crippen molar-refractivity contribution >= 4 is 28.5 Å². The number of hydrazine groups is 1. The molecule has 0 unspecified atom stereocenters. The van der Waals surface area contributed by atoms with Gasteiger partial charge >= 0.3 is 0 Å². The van der Waals surface area contributed by atoms with Gasteiger partial charge in [-0.15, -0.1) is 0 Å². The number of piperidine rings is 1. The number of nitrogens with one attached hydrogen (secondary N) is 2. The van der Waals surface area contributed by atoms with E-state index >= 15 is 0 Å². The lowest BCUT2D eigenvalue weighted by Gasteiger charge is -2.26. The van der Waals surface area contributed by atoms with Crippen molar-refractivity contribution in [3.63, 3.8) is 0 Å². The second-order valence-electron chi connectivity index (χ2n) is 8.64. The number of amides is 3. The summed E-state index contributed by atoms with van der Waals surface area (Å²) in [6.45, 7) is 3.61. The molecule has 1 saturated heterocycles. The van der Waals surface area contributed by atoms with Crippen LogP contribution in [-0.4, -0.2) is 48.9 Å². The second-order valence-corrected chi connectivity index (χ2v) is 8.64. The van der Waals surface area contributed by atoms with Crippen molar-refractivity contribution in [2.24, 2.45) is 0 Å². The number of hydrogen-bond acceptors (Lipinski definition) is 5. The van der Waals surface area contributed by atoms with Crippen molar-refractivity contribution in [3.05, 3.63) is 71.8 Å². The third-order valence-corrected chi connectivity index (χ3v) is 6.11. The average Bonchev–Trinajstić information content (AvgIpc) is 2.91. The number of hydrogen-bond donors (Lipinski definition) is 2. The number of rotatable bonds is 8. The molecule has 0 aliphatic carbocycles. The van der Waals surface area contributed by atoms with E-state index in [1.165, 1.54) is 6.07 Å². The molecular weight excluding hydrogens is 458 g/mol. The van der Waals surface area contributed by atoms with Crippen LogP contribution in [0.5, 0.6) is 11.5 Å². The van der Waals surface area contributed by atoms with Gasteiger partial charge in [-0.3, -0.25) is 25.2 Å². The summed E-state index contributed by atoms with van der Waals surface area (Å²) in [6.07, 6.45) is 3.30. The van der Waals surface area contributed by atoms with Crippen LogP contribution < -0.4 is 20.3 Å². The van der Waals surface area contributed by atoms with Gasteiger partial charge in [-0.1, -0.05) is 42.5 Å². The molecule has 0 aromatic heterocycles. The van der Waals surface area contributed by atoms with Crippen molar-refractivity contribution in [2.75, 3.05) is 26.3 Å². The molecule has 1 aliphatic rings. The molecule has 8 nitrogen and oxygen atoms in total. The van der Waals surface area contributed by atoms with Crippen LogP contribution >= 0.6 is 0 Å². The Balaban J connectivity index is 1.34. The molecular formula is C28H31N3O5. The zero-order chi connectivity index (χ0) is 25.3. The van der Waals surface area contributed by atoms with Crippen molar-refractivity contribution in [1.29, 1.82) is 0 Å². The maximum atomic E-state index is 12.7. The lowest BCUT2D eigenvalue weighted by Crippen LogP contribution is -2.42. The average molecular weight is 490 g/mol. The maximum Gasteiger partial charge on any atom is 0.269 e. The van der Waals surface area contributed by atoms with Gasteiger partial charge in [0.25, 0.3) is 11.8 Å². The summed E-state index contributed by atoms with van der Waals surface area (Å²) in [7, 11) is 0. The molecule has 0 radical (unpaired) electrons. The van der Waals surface area contributed by atoms with E-state index in [0.717, 1.165) is 48.7 Å². The lowest BCUT2D eigenvalue weighted by atomic mass is 10.0. The molecule has 3 aromatic rings. The Hall–Kier alpha value is -4.07. The van der Waals surface area contributed by atoms with Gasteiger partial charge in [-0.25, -0.2) is 0 Å². The van der Waals surface area contributed by atoms with E-state index in [1.54, 1.807) is 12.1 Å². The van der Waals surface area contributed by atoms with Crippen LogP contribution in [0.4, 0.5) is 0 Å². The highest BCUT2D eigenvalue weighted by atomic mass is 16.5. The molecule has 4 rings (SSSR count). The van der Waals surface area contributed by atoms with Gasteiger partial charge in [0, 0.05) is 18.7 Å². The van der Waals surface area contributed by atoms with Gasteiger partial charge in [0.15, 0.2) is 18.1 Å². The number of fused-ring (bicyclic) bond motifs is 1. The summed E-state index contributed by atoms with van der Waals surface area (Å²) < 4.78 is 11.4. The summed E-state index contributed by atoms with van der Waals surface area (Å²) >= 11 is 0. The van der Waals surface area contributed by atoms with Crippen LogP contribution in [-0.2, 0) is 16.0 Å². The van der Waals surface area contributed by atoms with E-state index in [4.69, 9.17) is 9.47 Å². The van der Waals surface area contributed by atoms with Crippen LogP contribution in [0, 0.1) is 0 Å². The van der Waals surface area contributed by atoms with Gasteiger partial charge in [0.1, 0.15) is 0 Å². The molecule has 3 amide bonds. The molecule has 1 heterocycles. The van der Waals surface area contributed by atoms with E-state index in [0.29, 0.717) is 23.7 Å². The second kappa shape index (κ2) is 12.1. The number of nitrogens with zero attached hydrogens (tertiary/aromatic N) is 1. The number of carbonyl (C=O) groups excluding carboxylic acids is 3. The zero-order valence-electron chi connectivity index (χ0n) is 20.4. The molecule has 0 bridgehead atoms. The Morgan fingerprint density at radius 1 is 0.861 bits per heavy atom. The van der Waals surface area contributed by atoms with E-state index in [1.807, 2.05) is 54.3 Å². The monoisotopic (exact) mass is 489 g/mol. The summed E-state index contributed by atoms with van der Waals surface area (Å²) in [5.74, 6) is -0.135. The molecule has 188 valence electrons. The Kier molecular flexibility index (Phi) is 8.39. The van der Waals surface area contributed by atoms with E-state index in [2.05, 4.69) is 10.9 Å². The van der Waals surface area contributed by atoms with Crippen LogP contribution in [0.15, 0.2) is 60.7 Å². The van der Waals surface area contributed by atoms with E-state index < -0.39 is 5.91 Å². The summed E-state index contributed by atoms with van der Waals surface area (Å²) in [6, 6.07) is 18.3. The fourth-order valence-electron chi connectivity index (χ4n) is 4.27. The van der Waals surface area contributed by atoms with Gasteiger partial charge in [-0.2, -0.15) is 0 Å². The molecule has 1 fully saturated rings. The van der Waals surface area contributed by atoms with Crippen LogP contribution in [0.2, 0.25) is 0 Å². The van der Waals surface area contributed by atoms with E-state index in [-0.39, 0.29) is 24.8 Å². The minimum atomic E-state index is -0.488. The summed E-state index contributed by atoms with van der Waals surface area (Å²) in [5.41, 5.74) is 6.09. The first-order chi connectivity index (χ1) is 17.5. The maximum absolute atomic E-state index is 12.7. The highest BCUT2D eigenvalue weighted by Crippen LogP contribution is 2.29. The summed E-state index contributed by atoms with van der Waals surface area (Å²) in [5, 5.41) is 2.05. The Morgan fingerprint density at radius 2 is 1.64 bits per heavy atom. The van der Waals surface area contributed by atoms with E-state index in [9.17, 15) is 14.4 Å². The minimum Gasteiger partial charge on any atom is -0.490 e. The topological polar surface area (TPSA) is 97.0 Å². The largest absolute Gasteiger partial charge is 0.490 e. The molecule has 8 heteroatoms. The van der Waals surface area contributed by atoms with Crippen LogP contribution in [0.25, 0.3) is 10.8 Å². The third kappa shape index (κ3) is 6.33. The molecule has 36 heavy (non-hydrogen) atoms. The number of benzene rings is 3. The van der Waals surface area contributed by atoms with Gasteiger partial charge in [0.05, 0.1) is 13.0 Å². The quantitative estimate of drug-likeness (QED) is 0.471. The fraction of sp³-hybridized carbons (Fsp3) is 0.321. The van der Waals surface area contributed by atoms with Gasteiger partial charge in [0.2, 0.25) is 5.91 Å². The first-order valence-corrected chi connectivity index (χ1v) is 12.3. The molecule has 0 atom stereocenters. The highest BCUT2D eigenvalue weighted by Gasteiger charge is 2.19. The molecule has 0 spiro atoms. The number of ether oxygens (including phenoxy) is 2. The lowest BCUT2D eigenvalue weighted by molar-refractivity contribution is -0.134. The molecule has 0 saturated carbocycles. The molecule has 2 N–H and O–H groups in total. The van der Waals surface area contributed by atoms with Gasteiger partial charge < -0.3 is 14.4 Å². The summed E-state index contributed by atoms with van der Waals surface area (Å²) in [4.78, 5) is 39.4.